The Kier molecular flexibility index (Phi) is 11.1. The van der Waals surface area contributed by atoms with Crippen LogP contribution in [-0.4, -0.2) is 54.1 Å². The molecule has 0 bridgehead atoms. The van der Waals surface area contributed by atoms with E-state index in [1.807, 2.05) is 4.68 Å². The molecule has 1 N–H and O–H groups in total. The molecule has 0 aromatic carbocycles. The maximum Gasteiger partial charge on any atom is 0.0638 e. The summed E-state index contributed by atoms with van der Waals surface area (Å²) in [6, 6.07) is 0.434. The second kappa shape index (κ2) is 11.2. The molecule has 7 heteroatoms. The lowest BCUT2D eigenvalue weighted by Gasteiger charge is -2.26. The van der Waals surface area contributed by atoms with Crippen molar-refractivity contribution in [2.24, 2.45) is 0 Å². The van der Waals surface area contributed by atoms with Crippen LogP contribution in [0.15, 0.2) is 6.20 Å². The number of halogens is 2. The minimum absolute atomic E-state index is 0. The molecule has 0 aliphatic carbocycles. The van der Waals surface area contributed by atoms with Gasteiger partial charge in [-0.15, -0.1) is 24.8 Å². The summed E-state index contributed by atoms with van der Waals surface area (Å²) in [4.78, 5) is 2.48. The molecule has 1 aromatic rings. The van der Waals surface area contributed by atoms with E-state index in [1.165, 1.54) is 18.5 Å². The molecular weight excluding hydrogens is 323 g/mol. The van der Waals surface area contributed by atoms with Crippen LogP contribution >= 0.6 is 24.8 Å². The average Bonchev–Trinajstić information content (AvgIpc) is 2.81. The highest BCUT2D eigenvalue weighted by Crippen LogP contribution is 2.10. The predicted octanol–water partition coefficient (Wildman–Crippen LogP) is 2.43. The van der Waals surface area contributed by atoms with E-state index < -0.39 is 0 Å². The van der Waals surface area contributed by atoms with Crippen molar-refractivity contribution in [3.8, 4) is 0 Å². The molecule has 0 saturated carbocycles. The molecule has 2 rings (SSSR count). The fourth-order valence-corrected chi connectivity index (χ4v) is 2.43. The molecule has 0 atom stereocenters. The Morgan fingerprint density at radius 2 is 1.95 bits per heavy atom. The molecule has 1 aromatic heterocycles. The Morgan fingerprint density at radius 1 is 1.27 bits per heavy atom. The van der Waals surface area contributed by atoms with E-state index in [2.05, 4.69) is 42.3 Å². The molecule has 5 nitrogen and oxygen atoms in total. The Morgan fingerprint density at radius 3 is 2.55 bits per heavy atom. The minimum atomic E-state index is 0. The molecule has 0 amide bonds. The molecule has 0 spiro atoms. The molecule has 0 unspecified atom stereocenters. The summed E-state index contributed by atoms with van der Waals surface area (Å²) in [7, 11) is 0. The van der Waals surface area contributed by atoms with Gasteiger partial charge in [-0.25, -0.2) is 0 Å². The minimum Gasteiger partial charge on any atom is -0.379 e. The molecule has 1 aliphatic rings. The van der Waals surface area contributed by atoms with Crippen LogP contribution in [-0.2, 0) is 11.3 Å². The van der Waals surface area contributed by atoms with Gasteiger partial charge in [0.1, 0.15) is 0 Å². The number of aryl methyl sites for hydroxylation is 1. The van der Waals surface area contributed by atoms with Crippen molar-refractivity contribution in [2.45, 2.75) is 39.8 Å². The molecule has 22 heavy (non-hydrogen) atoms. The summed E-state index contributed by atoms with van der Waals surface area (Å²) >= 11 is 0. The van der Waals surface area contributed by atoms with Gasteiger partial charge in [-0.05, 0) is 40.3 Å². The van der Waals surface area contributed by atoms with E-state index in [9.17, 15) is 0 Å². The first kappa shape index (κ1) is 21.7. The Labute approximate surface area is 146 Å². The van der Waals surface area contributed by atoms with Gasteiger partial charge in [0, 0.05) is 37.4 Å². The zero-order valence-electron chi connectivity index (χ0n) is 13.9. The number of aromatic nitrogens is 2. The summed E-state index contributed by atoms with van der Waals surface area (Å²) in [5.74, 6) is 0. The smallest absolute Gasteiger partial charge is 0.0638 e. The largest absolute Gasteiger partial charge is 0.379 e. The molecule has 1 saturated heterocycles. The van der Waals surface area contributed by atoms with Gasteiger partial charge in [0.2, 0.25) is 0 Å². The molecule has 1 aliphatic heterocycles. The highest BCUT2D eigenvalue weighted by atomic mass is 35.5. The first-order chi connectivity index (χ1) is 9.66. The van der Waals surface area contributed by atoms with Crippen LogP contribution in [0.5, 0.6) is 0 Å². The number of hydrogen-bond acceptors (Lipinski definition) is 4. The maximum absolute atomic E-state index is 5.35. The second-order valence-electron chi connectivity index (χ2n) is 5.80. The molecule has 2 heterocycles. The summed E-state index contributed by atoms with van der Waals surface area (Å²) in [5, 5.41) is 8.06. The lowest BCUT2D eigenvalue weighted by atomic mass is 10.2. The zero-order valence-corrected chi connectivity index (χ0v) is 15.5. The SMILES string of the molecule is Cc1nn(C(C)C)cc1CNCCCN1CCOCC1.Cl.Cl. The van der Waals surface area contributed by atoms with Crippen molar-refractivity contribution < 1.29 is 4.74 Å². The topological polar surface area (TPSA) is 42.3 Å². The van der Waals surface area contributed by atoms with Crippen molar-refractivity contribution in [3.05, 3.63) is 17.5 Å². The predicted molar refractivity (Wildman–Crippen MR) is 95.4 cm³/mol. The molecular formula is C15H30Cl2N4O. The highest BCUT2D eigenvalue weighted by molar-refractivity contribution is 5.85. The highest BCUT2D eigenvalue weighted by Gasteiger charge is 2.09. The third kappa shape index (κ3) is 6.84. The lowest BCUT2D eigenvalue weighted by molar-refractivity contribution is 0.0374. The second-order valence-corrected chi connectivity index (χ2v) is 5.80. The van der Waals surface area contributed by atoms with Gasteiger partial charge in [-0.1, -0.05) is 0 Å². The summed E-state index contributed by atoms with van der Waals surface area (Å²) in [6.07, 6.45) is 3.35. The van der Waals surface area contributed by atoms with E-state index in [4.69, 9.17) is 4.74 Å². The summed E-state index contributed by atoms with van der Waals surface area (Å²) < 4.78 is 7.39. The standard InChI is InChI=1S/C15H28N4O.2ClH/c1-13(2)19-12-15(14(3)17-19)11-16-5-4-6-18-7-9-20-10-8-18;;/h12-13,16H,4-11H2,1-3H3;2*1H. The van der Waals surface area contributed by atoms with Crippen molar-refractivity contribution in [1.82, 2.24) is 20.0 Å². The van der Waals surface area contributed by atoms with Crippen LogP contribution in [0, 0.1) is 6.92 Å². The van der Waals surface area contributed by atoms with Gasteiger partial charge in [-0.3, -0.25) is 9.58 Å². The van der Waals surface area contributed by atoms with E-state index >= 15 is 0 Å². The van der Waals surface area contributed by atoms with Crippen molar-refractivity contribution in [1.29, 1.82) is 0 Å². The number of rotatable bonds is 7. The molecule has 130 valence electrons. The van der Waals surface area contributed by atoms with Crippen molar-refractivity contribution >= 4 is 24.8 Å². The van der Waals surface area contributed by atoms with E-state index in [1.54, 1.807) is 0 Å². The summed E-state index contributed by atoms with van der Waals surface area (Å²) in [6.45, 7) is 13.5. The monoisotopic (exact) mass is 352 g/mol. The Bertz CT molecular complexity index is 406. The number of ether oxygens (including phenoxy) is 1. The van der Waals surface area contributed by atoms with Crippen LogP contribution in [0.2, 0.25) is 0 Å². The van der Waals surface area contributed by atoms with Gasteiger partial charge < -0.3 is 10.1 Å². The lowest BCUT2D eigenvalue weighted by Crippen LogP contribution is -2.37. The van der Waals surface area contributed by atoms with Crippen molar-refractivity contribution in [2.75, 3.05) is 39.4 Å². The van der Waals surface area contributed by atoms with Gasteiger partial charge >= 0.3 is 0 Å². The first-order valence-corrected chi connectivity index (χ1v) is 7.72. The number of nitrogens with one attached hydrogen (secondary N) is 1. The van der Waals surface area contributed by atoms with Crippen LogP contribution < -0.4 is 5.32 Å². The van der Waals surface area contributed by atoms with E-state index in [0.717, 1.165) is 45.1 Å². The number of hydrogen-bond donors (Lipinski definition) is 1. The van der Waals surface area contributed by atoms with Gasteiger partial charge in [0.25, 0.3) is 0 Å². The normalized spacial score (nSPS) is 15.5. The third-order valence-electron chi connectivity index (χ3n) is 3.79. The summed E-state index contributed by atoms with van der Waals surface area (Å²) in [5.41, 5.74) is 2.45. The number of nitrogens with zero attached hydrogens (tertiary/aromatic N) is 3. The van der Waals surface area contributed by atoms with Crippen LogP contribution in [0.25, 0.3) is 0 Å². The van der Waals surface area contributed by atoms with Crippen molar-refractivity contribution in [3.63, 3.8) is 0 Å². The van der Waals surface area contributed by atoms with Crippen LogP contribution in [0.1, 0.15) is 37.6 Å². The quantitative estimate of drug-likeness (QED) is 0.765. The fourth-order valence-electron chi connectivity index (χ4n) is 2.43. The maximum atomic E-state index is 5.35. The van der Waals surface area contributed by atoms with E-state index in [0.29, 0.717) is 6.04 Å². The van der Waals surface area contributed by atoms with Gasteiger partial charge in [0.05, 0.1) is 18.9 Å². The van der Waals surface area contributed by atoms with Crippen LogP contribution in [0.4, 0.5) is 0 Å². The first-order valence-electron chi connectivity index (χ1n) is 7.72. The third-order valence-corrected chi connectivity index (χ3v) is 3.79. The van der Waals surface area contributed by atoms with Crippen LogP contribution in [0.3, 0.4) is 0 Å². The molecule has 0 radical (unpaired) electrons. The Hall–Kier alpha value is -0.330. The Balaban J connectivity index is 0.00000220. The van der Waals surface area contributed by atoms with Gasteiger partial charge in [-0.2, -0.15) is 5.10 Å². The molecule has 1 fully saturated rings. The average molecular weight is 353 g/mol. The van der Waals surface area contributed by atoms with Gasteiger partial charge in [0.15, 0.2) is 0 Å². The van der Waals surface area contributed by atoms with E-state index in [-0.39, 0.29) is 24.8 Å². The zero-order chi connectivity index (χ0) is 14.4. The fraction of sp³-hybridized carbons (Fsp3) is 0.800. The number of morpholine rings is 1.